The number of thiophene rings is 2. The Labute approximate surface area is 92.5 Å². The molecule has 0 aliphatic rings. The zero-order chi connectivity index (χ0) is 9.97. The van der Waals surface area contributed by atoms with Gasteiger partial charge in [0.15, 0.2) is 0 Å². The molecule has 0 aliphatic heterocycles. The summed E-state index contributed by atoms with van der Waals surface area (Å²) in [7, 11) is 0. The van der Waals surface area contributed by atoms with Crippen molar-refractivity contribution >= 4 is 34.8 Å². The molecule has 0 N–H and O–H groups in total. The second kappa shape index (κ2) is 4.11. The second-order valence-corrected chi connectivity index (χ2v) is 5.27. The van der Waals surface area contributed by atoms with Crippen molar-refractivity contribution in [2.45, 2.75) is 13.8 Å². The molecule has 0 spiro atoms. The molecule has 0 nitrogen and oxygen atoms in total. The van der Waals surface area contributed by atoms with E-state index in [4.69, 9.17) is 0 Å². The van der Waals surface area contributed by atoms with Crippen molar-refractivity contribution in [2.24, 2.45) is 0 Å². The molecule has 0 aliphatic carbocycles. The van der Waals surface area contributed by atoms with E-state index in [0.717, 1.165) is 0 Å². The lowest BCUT2D eigenvalue weighted by atomic mass is 10.3. The highest BCUT2D eigenvalue weighted by atomic mass is 32.1. The summed E-state index contributed by atoms with van der Waals surface area (Å²) in [6, 6.07) is 4.42. The van der Waals surface area contributed by atoms with Crippen LogP contribution in [0.5, 0.6) is 0 Å². The van der Waals surface area contributed by atoms with Crippen LogP contribution in [0.3, 0.4) is 0 Å². The highest BCUT2D eigenvalue weighted by molar-refractivity contribution is 7.11. The molecule has 2 rings (SSSR count). The third-order valence-corrected chi connectivity index (χ3v) is 3.94. The van der Waals surface area contributed by atoms with Gasteiger partial charge in [0.25, 0.3) is 0 Å². The van der Waals surface area contributed by atoms with E-state index >= 15 is 0 Å². The van der Waals surface area contributed by atoms with Crippen LogP contribution in [-0.2, 0) is 0 Å². The molecule has 2 heterocycles. The van der Waals surface area contributed by atoms with Gasteiger partial charge in [0.1, 0.15) is 0 Å². The zero-order valence-electron chi connectivity index (χ0n) is 8.28. The van der Waals surface area contributed by atoms with Gasteiger partial charge >= 0.3 is 0 Å². The van der Waals surface area contributed by atoms with Crippen LogP contribution in [0, 0.1) is 13.8 Å². The molecule has 0 unspecified atom stereocenters. The highest BCUT2D eigenvalue weighted by Gasteiger charge is 1.93. The maximum atomic E-state index is 2.21. The minimum absolute atomic E-state index is 1.33. The molecular formula is C12H12S2. The Morgan fingerprint density at radius 3 is 1.57 bits per heavy atom. The largest absolute Gasteiger partial charge is 0.144 e. The van der Waals surface area contributed by atoms with Crippen LogP contribution in [-0.4, -0.2) is 0 Å². The van der Waals surface area contributed by atoms with Crippen molar-refractivity contribution in [3.05, 3.63) is 43.8 Å². The lowest BCUT2D eigenvalue weighted by Crippen LogP contribution is -1.60. The van der Waals surface area contributed by atoms with E-state index in [1.54, 1.807) is 22.7 Å². The summed E-state index contributed by atoms with van der Waals surface area (Å²) in [6.07, 6.45) is 4.37. The number of hydrogen-bond acceptors (Lipinski definition) is 2. The molecule has 2 aromatic rings. The Morgan fingerprint density at radius 2 is 1.29 bits per heavy atom. The molecule has 2 heteroatoms. The standard InChI is InChI=1S/C12H12S2/c1-9-5-11(13-7-9)3-4-12-6-10(2)8-14-12/h3-8H,1-2H3/b4-3+. The van der Waals surface area contributed by atoms with Gasteiger partial charge in [-0.15, -0.1) is 22.7 Å². The molecule has 0 saturated carbocycles. The van der Waals surface area contributed by atoms with Crippen LogP contribution < -0.4 is 0 Å². The second-order valence-electron chi connectivity index (χ2n) is 3.39. The first-order valence-electron chi connectivity index (χ1n) is 4.52. The monoisotopic (exact) mass is 220 g/mol. The summed E-state index contributed by atoms with van der Waals surface area (Å²) < 4.78 is 0. The lowest BCUT2D eigenvalue weighted by Gasteiger charge is -1.83. The molecule has 72 valence electrons. The van der Waals surface area contributed by atoms with Crippen LogP contribution in [0.2, 0.25) is 0 Å². The Balaban J connectivity index is 2.14. The van der Waals surface area contributed by atoms with Crippen LogP contribution in [0.15, 0.2) is 22.9 Å². The predicted molar refractivity (Wildman–Crippen MR) is 67.0 cm³/mol. The Hall–Kier alpha value is -0.860. The van der Waals surface area contributed by atoms with Gasteiger partial charge in [-0.1, -0.05) is 0 Å². The van der Waals surface area contributed by atoms with Crippen LogP contribution >= 0.6 is 22.7 Å². The first-order chi connectivity index (χ1) is 6.74. The van der Waals surface area contributed by atoms with E-state index < -0.39 is 0 Å². The van der Waals surface area contributed by atoms with Crippen LogP contribution in [0.1, 0.15) is 20.9 Å². The average Bonchev–Trinajstić information content (AvgIpc) is 2.72. The van der Waals surface area contributed by atoms with E-state index in [-0.39, 0.29) is 0 Å². The van der Waals surface area contributed by atoms with E-state index in [9.17, 15) is 0 Å². The van der Waals surface area contributed by atoms with Gasteiger partial charge in [0.05, 0.1) is 0 Å². The van der Waals surface area contributed by atoms with Gasteiger partial charge < -0.3 is 0 Å². The fourth-order valence-corrected chi connectivity index (χ4v) is 2.83. The van der Waals surface area contributed by atoms with Crippen molar-refractivity contribution in [1.82, 2.24) is 0 Å². The maximum absolute atomic E-state index is 2.21. The summed E-state index contributed by atoms with van der Waals surface area (Å²) in [5.41, 5.74) is 2.69. The third kappa shape index (κ3) is 2.34. The number of hydrogen-bond donors (Lipinski definition) is 0. The van der Waals surface area contributed by atoms with Crippen molar-refractivity contribution in [3.63, 3.8) is 0 Å². The Morgan fingerprint density at radius 1 is 0.857 bits per heavy atom. The average molecular weight is 220 g/mol. The minimum Gasteiger partial charge on any atom is -0.144 e. The molecule has 0 amide bonds. The number of aryl methyl sites for hydroxylation is 2. The maximum Gasteiger partial charge on any atom is 0.0273 e. The quantitative estimate of drug-likeness (QED) is 0.694. The lowest BCUT2D eigenvalue weighted by molar-refractivity contribution is 1.55. The molecule has 0 bridgehead atoms. The highest BCUT2D eigenvalue weighted by Crippen LogP contribution is 2.20. The predicted octanol–water partition coefficient (Wildman–Crippen LogP) is 4.60. The fourth-order valence-electron chi connectivity index (χ4n) is 1.25. The zero-order valence-corrected chi connectivity index (χ0v) is 9.91. The van der Waals surface area contributed by atoms with Gasteiger partial charge in [-0.25, -0.2) is 0 Å². The first-order valence-corrected chi connectivity index (χ1v) is 6.28. The molecule has 0 fully saturated rings. The van der Waals surface area contributed by atoms with Gasteiger partial charge in [-0.05, 0) is 60.0 Å². The molecule has 0 saturated heterocycles. The van der Waals surface area contributed by atoms with Crippen molar-refractivity contribution < 1.29 is 0 Å². The van der Waals surface area contributed by atoms with E-state index in [2.05, 4.69) is 48.9 Å². The molecule has 14 heavy (non-hydrogen) atoms. The summed E-state index contributed by atoms with van der Waals surface area (Å²) in [5, 5.41) is 4.36. The fraction of sp³-hybridized carbons (Fsp3) is 0.167. The molecule has 0 aromatic carbocycles. The Bertz CT molecular complexity index is 404. The van der Waals surface area contributed by atoms with E-state index in [0.29, 0.717) is 0 Å². The normalized spacial score (nSPS) is 11.3. The van der Waals surface area contributed by atoms with Crippen molar-refractivity contribution in [2.75, 3.05) is 0 Å². The number of rotatable bonds is 2. The van der Waals surface area contributed by atoms with Crippen molar-refractivity contribution in [3.8, 4) is 0 Å². The van der Waals surface area contributed by atoms with Gasteiger partial charge in [-0.3, -0.25) is 0 Å². The third-order valence-electron chi connectivity index (χ3n) is 1.91. The molecule has 0 atom stereocenters. The smallest absolute Gasteiger partial charge is 0.0273 e. The minimum atomic E-state index is 1.33. The first kappa shape index (κ1) is 9.69. The molecule has 2 aromatic heterocycles. The SMILES string of the molecule is Cc1csc(/C=C/c2cc(C)cs2)c1. The van der Waals surface area contributed by atoms with Crippen molar-refractivity contribution in [1.29, 1.82) is 0 Å². The van der Waals surface area contributed by atoms with Gasteiger partial charge in [-0.2, -0.15) is 0 Å². The summed E-state index contributed by atoms with van der Waals surface area (Å²) >= 11 is 3.59. The van der Waals surface area contributed by atoms with E-state index in [1.807, 2.05) is 0 Å². The molecular weight excluding hydrogens is 208 g/mol. The Kier molecular flexibility index (Phi) is 2.85. The summed E-state index contributed by atoms with van der Waals surface area (Å²) in [5.74, 6) is 0. The van der Waals surface area contributed by atoms with E-state index in [1.165, 1.54) is 20.9 Å². The summed E-state index contributed by atoms with van der Waals surface area (Å²) in [4.78, 5) is 2.65. The van der Waals surface area contributed by atoms with Gasteiger partial charge in [0.2, 0.25) is 0 Å². The topological polar surface area (TPSA) is 0 Å². The summed E-state index contributed by atoms with van der Waals surface area (Å²) in [6.45, 7) is 4.26. The van der Waals surface area contributed by atoms with Crippen LogP contribution in [0.25, 0.3) is 12.2 Å². The molecule has 0 radical (unpaired) electrons. The van der Waals surface area contributed by atoms with Gasteiger partial charge in [0, 0.05) is 9.75 Å². The van der Waals surface area contributed by atoms with Crippen LogP contribution in [0.4, 0.5) is 0 Å².